The molecule has 1 unspecified atom stereocenters. The Labute approximate surface area is 148 Å². The topological polar surface area (TPSA) is 53.8 Å². The summed E-state index contributed by atoms with van der Waals surface area (Å²) in [5, 5.41) is 3.21. The monoisotopic (exact) mass is 370 g/mol. The Bertz CT molecular complexity index is 651. The normalized spacial score (nSPS) is 18.0. The maximum atomic E-state index is 12.2. The fraction of sp³-hybridized carbons (Fsp3) is 0.500. The smallest absolute Gasteiger partial charge is 0.362 e. The Morgan fingerprint density at radius 3 is 2.54 bits per heavy atom. The quantitative estimate of drug-likeness (QED) is 0.451. The van der Waals surface area contributed by atoms with Crippen molar-refractivity contribution in [2.45, 2.75) is 32.9 Å². The van der Waals surface area contributed by atoms with Crippen LogP contribution in [0, 0.1) is 0 Å². The second-order valence-corrected chi connectivity index (χ2v) is 9.50. The molecule has 1 aromatic carbocycles. The molecular formula is C16H25N3O3PS+. The number of hydrogen-bond acceptors (Lipinski definition) is 4. The van der Waals surface area contributed by atoms with Gasteiger partial charge < -0.3 is 9.26 Å². The molecule has 0 aliphatic carbocycles. The SMILES string of the molecule is CC(C)OC(=O)C(C)N[P@](=S)(Oc1ccccc1)N1C=[N+](C)CC1. The predicted molar refractivity (Wildman–Crippen MR) is 99.0 cm³/mol. The summed E-state index contributed by atoms with van der Waals surface area (Å²) in [6.07, 6.45) is 1.77. The Hall–Kier alpha value is -1.43. The molecule has 0 aromatic heterocycles. The van der Waals surface area contributed by atoms with Crippen molar-refractivity contribution < 1.29 is 18.6 Å². The number of likely N-dealkylation sites (N-methyl/N-ethyl adjacent to an activating group) is 1. The van der Waals surface area contributed by atoms with E-state index in [4.69, 9.17) is 21.1 Å². The molecule has 132 valence electrons. The van der Waals surface area contributed by atoms with Crippen LogP contribution in [0.3, 0.4) is 0 Å². The minimum Gasteiger partial charge on any atom is -0.462 e. The number of carbonyl (C=O) groups is 1. The number of ether oxygens (including phenoxy) is 1. The molecule has 6 nitrogen and oxygen atoms in total. The summed E-state index contributed by atoms with van der Waals surface area (Å²) in [4.78, 5) is 12.2. The molecule has 0 amide bonds. The van der Waals surface area contributed by atoms with Gasteiger partial charge in [-0.3, -0.25) is 9.37 Å². The van der Waals surface area contributed by atoms with Gasteiger partial charge in [-0.2, -0.15) is 4.67 Å². The van der Waals surface area contributed by atoms with E-state index in [9.17, 15) is 4.79 Å². The number of nitrogens with one attached hydrogen (secondary N) is 1. The lowest BCUT2D eigenvalue weighted by Gasteiger charge is -2.28. The van der Waals surface area contributed by atoms with E-state index < -0.39 is 12.6 Å². The lowest BCUT2D eigenvalue weighted by Crippen LogP contribution is -2.40. The molecule has 0 saturated carbocycles. The highest BCUT2D eigenvalue weighted by Crippen LogP contribution is 2.47. The number of rotatable bonds is 7. The molecule has 1 aliphatic rings. The van der Waals surface area contributed by atoms with Crippen molar-refractivity contribution in [2.75, 3.05) is 20.1 Å². The van der Waals surface area contributed by atoms with E-state index in [0.29, 0.717) is 5.75 Å². The van der Waals surface area contributed by atoms with Gasteiger partial charge in [-0.1, -0.05) is 18.2 Å². The third-order valence-corrected chi connectivity index (χ3v) is 6.71. The minimum atomic E-state index is -2.66. The van der Waals surface area contributed by atoms with Gasteiger partial charge in [0.25, 0.3) is 0 Å². The Balaban J connectivity index is 2.19. The fourth-order valence-corrected chi connectivity index (χ4v) is 5.29. The molecule has 0 bridgehead atoms. The lowest BCUT2D eigenvalue weighted by atomic mass is 10.3. The van der Waals surface area contributed by atoms with Crippen molar-refractivity contribution in [2.24, 2.45) is 0 Å². The van der Waals surface area contributed by atoms with Gasteiger partial charge in [0.2, 0.25) is 6.34 Å². The van der Waals surface area contributed by atoms with Crippen LogP contribution in [0.25, 0.3) is 0 Å². The molecule has 2 rings (SSSR count). The van der Waals surface area contributed by atoms with Crippen molar-refractivity contribution in [3.05, 3.63) is 30.3 Å². The molecule has 2 atom stereocenters. The van der Waals surface area contributed by atoms with E-state index in [0.717, 1.165) is 13.1 Å². The van der Waals surface area contributed by atoms with E-state index in [2.05, 4.69) is 5.09 Å². The molecule has 1 aliphatic heterocycles. The maximum absolute atomic E-state index is 12.2. The fourth-order valence-electron chi connectivity index (χ4n) is 2.21. The van der Waals surface area contributed by atoms with Crippen molar-refractivity contribution in [1.82, 2.24) is 9.76 Å². The Kier molecular flexibility index (Phi) is 6.38. The van der Waals surface area contributed by atoms with Gasteiger partial charge in [-0.05, 0) is 32.9 Å². The van der Waals surface area contributed by atoms with Gasteiger partial charge in [-0.25, -0.2) is 5.09 Å². The first-order valence-electron chi connectivity index (χ1n) is 7.95. The molecular weight excluding hydrogens is 345 g/mol. The summed E-state index contributed by atoms with van der Waals surface area (Å²) in [6, 6.07) is 8.87. The molecule has 1 aromatic rings. The zero-order chi connectivity index (χ0) is 17.7. The first-order chi connectivity index (χ1) is 11.3. The highest BCUT2D eigenvalue weighted by molar-refractivity contribution is 8.10. The molecule has 0 spiro atoms. The predicted octanol–water partition coefficient (Wildman–Crippen LogP) is 2.21. The Morgan fingerprint density at radius 2 is 2.00 bits per heavy atom. The number of para-hydroxylation sites is 1. The second-order valence-electron chi connectivity index (χ2n) is 6.02. The first-order valence-corrected chi connectivity index (χ1v) is 10.6. The van der Waals surface area contributed by atoms with Crippen molar-refractivity contribution in [3.8, 4) is 5.75 Å². The summed E-state index contributed by atoms with van der Waals surface area (Å²) < 4.78 is 15.4. The van der Waals surface area contributed by atoms with Crippen LogP contribution in [0.4, 0.5) is 0 Å². The van der Waals surface area contributed by atoms with Crippen LogP contribution in [0.15, 0.2) is 30.3 Å². The van der Waals surface area contributed by atoms with Gasteiger partial charge in [0.1, 0.15) is 24.9 Å². The highest BCUT2D eigenvalue weighted by atomic mass is 32.5. The minimum absolute atomic E-state index is 0.167. The molecule has 24 heavy (non-hydrogen) atoms. The third-order valence-electron chi connectivity index (χ3n) is 3.38. The zero-order valence-corrected chi connectivity index (χ0v) is 16.2. The van der Waals surface area contributed by atoms with Crippen LogP contribution in [0.5, 0.6) is 5.75 Å². The standard InChI is InChI=1S/C16H25N3O3PS/c1-13(2)21-16(20)14(3)17-23(24,19-11-10-18(4)12-19)22-15-8-6-5-7-9-15/h5-9,12-14H,10-11H2,1-4H3,(H,17,24)/q+1/t14?,23-/m1/s1. The largest absolute Gasteiger partial charge is 0.462 e. The summed E-state index contributed by atoms with van der Waals surface area (Å²) in [7, 11) is 1.98. The van der Waals surface area contributed by atoms with Crippen LogP contribution in [-0.4, -0.2) is 53.8 Å². The van der Waals surface area contributed by atoms with Gasteiger partial charge in [0, 0.05) is 11.8 Å². The van der Waals surface area contributed by atoms with Crippen molar-refractivity contribution >= 4 is 30.7 Å². The summed E-state index contributed by atoms with van der Waals surface area (Å²) in [5.74, 6) is 0.351. The second kappa shape index (κ2) is 8.10. The number of carbonyl (C=O) groups excluding carboxylic acids is 1. The van der Waals surface area contributed by atoms with Gasteiger partial charge in [0.05, 0.1) is 13.2 Å². The van der Waals surface area contributed by atoms with Gasteiger partial charge in [-0.15, -0.1) is 0 Å². The average Bonchev–Trinajstić information content (AvgIpc) is 2.95. The summed E-state index contributed by atoms with van der Waals surface area (Å²) >= 11 is 5.84. The van der Waals surface area contributed by atoms with Gasteiger partial charge >= 0.3 is 12.5 Å². The number of nitrogens with zero attached hydrogens (tertiary/aromatic N) is 2. The molecule has 1 N–H and O–H groups in total. The molecule has 0 radical (unpaired) electrons. The number of hydrogen-bond donors (Lipinski definition) is 1. The van der Waals surface area contributed by atoms with E-state index in [-0.39, 0.29) is 12.1 Å². The first kappa shape index (κ1) is 18.9. The number of benzene rings is 1. The maximum Gasteiger partial charge on any atom is 0.362 e. The van der Waals surface area contributed by atoms with Crippen LogP contribution >= 0.6 is 6.57 Å². The van der Waals surface area contributed by atoms with E-state index in [1.807, 2.05) is 66.8 Å². The zero-order valence-electron chi connectivity index (χ0n) is 14.5. The van der Waals surface area contributed by atoms with E-state index in [1.54, 1.807) is 6.92 Å². The third kappa shape index (κ3) is 5.03. The van der Waals surface area contributed by atoms with Crippen LogP contribution < -0.4 is 9.61 Å². The van der Waals surface area contributed by atoms with E-state index in [1.165, 1.54) is 0 Å². The van der Waals surface area contributed by atoms with E-state index >= 15 is 0 Å². The molecule has 0 saturated heterocycles. The lowest BCUT2D eigenvalue weighted by molar-refractivity contribution is -0.482. The van der Waals surface area contributed by atoms with Gasteiger partial charge in [0.15, 0.2) is 0 Å². The average molecular weight is 370 g/mol. The molecule has 1 heterocycles. The highest BCUT2D eigenvalue weighted by Gasteiger charge is 2.39. The van der Waals surface area contributed by atoms with Crippen LogP contribution in [0.1, 0.15) is 20.8 Å². The summed E-state index contributed by atoms with van der Waals surface area (Å²) in [6.45, 7) is 4.35. The van der Waals surface area contributed by atoms with Crippen molar-refractivity contribution in [1.29, 1.82) is 0 Å². The Morgan fingerprint density at radius 1 is 1.33 bits per heavy atom. The molecule has 8 heteroatoms. The summed E-state index contributed by atoms with van der Waals surface area (Å²) in [5.41, 5.74) is 0. The molecule has 0 fully saturated rings. The van der Waals surface area contributed by atoms with Crippen LogP contribution in [0.2, 0.25) is 0 Å². The number of esters is 1. The van der Waals surface area contributed by atoms with Crippen LogP contribution in [-0.2, 0) is 21.3 Å². The van der Waals surface area contributed by atoms with Crippen molar-refractivity contribution in [3.63, 3.8) is 0 Å².